The van der Waals surface area contributed by atoms with Gasteiger partial charge in [-0.05, 0) is 12.1 Å². The summed E-state index contributed by atoms with van der Waals surface area (Å²) in [6.45, 7) is 0. The zero-order valence-electron chi connectivity index (χ0n) is 7.44. The van der Waals surface area contributed by atoms with Gasteiger partial charge in [-0.2, -0.15) is 0 Å². The molecule has 0 aliphatic carbocycles. The van der Waals surface area contributed by atoms with E-state index in [2.05, 4.69) is 0 Å². The van der Waals surface area contributed by atoms with Crippen molar-refractivity contribution in [3.63, 3.8) is 0 Å². The molecule has 5 heteroatoms. The van der Waals surface area contributed by atoms with Crippen molar-refractivity contribution in [2.75, 3.05) is 5.75 Å². The number of carbonyl (C=O) groups is 1. The number of nitrogens with two attached hydrogens (primary N) is 1. The van der Waals surface area contributed by atoms with Crippen LogP contribution in [0, 0.1) is 0 Å². The second kappa shape index (κ2) is 5.90. The molecule has 0 saturated carbocycles. The third-order valence-corrected chi connectivity index (χ3v) is 3.21. The maximum absolute atomic E-state index is 11.0. The van der Waals surface area contributed by atoms with Gasteiger partial charge < -0.3 is 0 Å². The molecule has 0 fully saturated rings. The predicted octanol–water partition coefficient (Wildman–Crippen LogP) is 1.38. The van der Waals surface area contributed by atoms with E-state index < -0.39 is 5.38 Å². The maximum atomic E-state index is 11.0. The Balaban J connectivity index is 2.38. The molecule has 1 unspecified atom stereocenters. The molecule has 1 amide bonds. The Morgan fingerprint density at radius 2 is 2.14 bits per heavy atom. The Hall–Kier alpha value is -0.710. The minimum absolute atomic E-state index is 0.352. The number of hydrogen-bond donors (Lipinski definition) is 2. The largest absolute Gasteiger partial charge is 0.293 e. The summed E-state index contributed by atoms with van der Waals surface area (Å²) in [5.41, 5.74) is 2.02. The molecule has 1 aromatic carbocycles. The van der Waals surface area contributed by atoms with Gasteiger partial charge in [0, 0.05) is 10.6 Å². The van der Waals surface area contributed by atoms with E-state index in [-0.39, 0.29) is 5.91 Å². The van der Waals surface area contributed by atoms with E-state index in [1.807, 2.05) is 35.8 Å². The third-order valence-electron chi connectivity index (χ3n) is 1.57. The van der Waals surface area contributed by atoms with E-state index in [1.165, 1.54) is 11.8 Å². The van der Waals surface area contributed by atoms with Gasteiger partial charge in [-0.3, -0.25) is 10.2 Å². The Morgan fingerprint density at radius 1 is 1.50 bits per heavy atom. The molecular formula is C9H11ClN2OS. The lowest BCUT2D eigenvalue weighted by atomic mass is 10.4. The summed E-state index contributed by atoms with van der Waals surface area (Å²) in [6, 6.07) is 9.75. The Kier molecular flexibility index (Phi) is 4.79. The Morgan fingerprint density at radius 3 is 2.71 bits per heavy atom. The highest BCUT2D eigenvalue weighted by atomic mass is 35.5. The predicted molar refractivity (Wildman–Crippen MR) is 59.1 cm³/mol. The summed E-state index contributed by atoms with van der Waals surface area (Å²) >= 11 is 7.29. The van der Waals surface area contributed by atoms with Gasteiger partial charge in [0.25, 0.3) is 5.91 Å². The van der Waals surface area contributed by atoms with Gasteiger partial charge >= 0.3 is 0 Å². The fraction of sp³-hybridized carbons (Fsp3) is 0.222. The van der Waals surface area contributed by atoms with Gasteiger partial charge in [0.2, 0.25) is 0 Å². The first-order valence-corrected chi connectivity index (χ1v) is 5.48. The number of benzene rings is 1. The number of thioether (sulfide) groups is 1. The standard InChI is InChI=1S/C9H11ClN2OS/c10-8(9(13)12-11)6-14-7-4-2-1-3-5-7/h1-5,8H,6,11H2,(H,12,13). The summed E-state index contributed by atoms with van der Waals surface area (Å²) in [5, 5.41) is -0.592. The minimum atomic E-state index is -0.592. The first-order valence-electron chi connectivity index (χ1n) is 4.06. The molecular weight excluding hydrogens is 220 g/mol. The van der Waals surface area contributed by atoms with Crippen molar-refractivity contribution in [2.24, 2.45) is 5.84 Å². The van der Waals surface area contributed by atoms with E-state index in [0.29, 0.717) is 5.75 Å². The average molecular weight is 231 g/mol. The second-order valence-corrected chi connectivity index (χ2v) is 4.22. The van der Waals surface area contributed by atoms with Crippen molar-refractivity contribution >= 4 is 29.3 Å². The molecule has 1 atom stereocenters. The van der Waals surface area contributed by atoms with Crippen molar-refractivity contribution in [1.82, 2.24) is 5.43 Å². The van der Waals surface area contributed by atoms with Crippen LogP contribution in [0.4, 0.5) is 0 Å². The number of carbonyl (C=O) groups excluding carboxylic acids is 1. The summed E-state index contributed by atoms with van der Waals surface area (Å²) < 4.78 is 0. The third kappa shape index (κ3) is 3.57. The number of amides is 1. The zero-order valence-corrected chi connectivity index (χ0v) is 9.02. The maximum Gasteiger partial charge on any atom is 0.252 e. The van der Waals surface area contributed by atoms with Crippen LogP contribution in [-0.2, 0) is 4.79 Å². The van der Waals surface area contributed by atoms with Crippen LogP contribution in [0.5, 0.6) is 0 Å². The van der Waals surface area contributed by atoms with Crippen LogP contribution in [0.25, 0.3) is 0 Å². The lowest BCUT2D eigenvalue weighted by molar-refractivity contribution is -0.120. The summed E-state index contributed by atoms with van der Waals surface area (Å²) in [4.78, 5) is 12.0. The molecule has 76 valence electrons. The van der Waals surface area contributed by atoms with Gasteiger partial charge in [-0.1, -0.05) is 18.2 Å². The highest BCUT2D eigenvalue weighted by Crippen LogP contribution is 2.19. The molecule has 14 heavy (non-hydrogen) atoms. The molecule has 3 N–H and O–H groups in total. The number of alkyl halides is 1. The van der Waals surface area contributed by atoms with Crippen molar-refractivity contribution in [1.29, 1.82) is 0 Å². The molecule has 0 bridgehead atoms. The van der Waals surface area contributed by atoms with E-state index in [9.17, 15) is 4.79 Å². The lowest BCUT2D eigenvalue weighted by Gasteiger charge is -2.06. The number of hydrazine groups is 1. The number of nitrogens with one attached hydrogen (secondary N) is 1. The van der Waals surface area contributed by atoms with E-state index in [0.717, 1.165) is 4.90 Å². The van der Waals surface area contributed by atoms with Gasteiger partial charge in [-0.15, -0.1) is 23.4 Å². The average Bonchev–Trinajstić information content (AvgIpc) is 2.26. The second-order valence-electron chi connectivity index (χ2n) is 2.60. The van der Waals surface area contributed by atoms with Crippen LogP contribution < -0.4 is 11.3 Å². The fourth-order valence-electron chi connectivity index (χ4n) is 0.852. The van der Waals surface area contributed by atoms with Crippen LogP contribution in [0.3, 0.4) is 0 Å². The Labute approximate surface area is 92.0 Å². The molecule has 0 radical (unpaired) electrons. The van der Waals surface area contributed by atoms with Crippen LogP contribution in [-0.4, -0.2) is 17.0 Å². The van der Waals surface area contributed by atoms with Crippen LogP contribution in [0.15, 0.2) is 35.2 Å². The molecule has 1 aromatic rings. The normalized spacial score (nSPS) is 12.1. The molecule has 0 aliphatic heterocycles. The molecule has 0 aromatic heterocycles. The van der Waals surface area contributed by atoms with Crippen molar-refractivity contribution < 1.29 is 4.79 Å². The fourth-order valence-corrected chi connectivity index (χ4v) is 1.94. The number of hydrogen-bond acceptors (Lipinski definition) is 3. The first kappa shape index (κ1) is 11.4. The summed E-state index contributed by atoms with van der Waals surface area (Å²) in [7, 11) is 0. The highest BCUT2D eigenvalue weighted by molar-refractivity contribution is 7.99. The van der Waals surface area contributed by atoms with E-state index in [1.54, 1.807) is 0 Å². The van der Waals surface area contributed by atoms with Crippen molar-refractivity contribution in [3.8, 4) is 0 Å². The van der Waals surface area contributed by atoms with Crippen LogP contribution in [0.1, 0.15) is 0 Å². The lowest BCUT2D eigenvalue weighted by Crippen LogP contribution is -2.37. The van der Waals surface area contributed by atoms with Crippen LogP contribution >= 0.6 is 23.4 Å². The van der Waals surface area contributed by atoms with Gasteiger partial charge in [-0.25, -0.2) is 5.84 Å². The van der Waals surface area contributed by atoms with Crippen molar-refractivity contribution in [3.05, 3.63) is 30.3 Å². The molecule has 3 nitrogen and oxygen atoms in total. The molecule has 0 spiro atoms. The molecule has 0 heterocycles. The van der Waals surface area contributed by atoms with Gasteiger partial charge in [0.15, 0.2) is 0 Å². The first-order chi connectivity index (χ1) is 6.74. The molecule has 0 aliphatic rings. The van der Waals surface area contributed by atoms with E-state index in [4.69, 9.17) is 17.4 Å². The van der Waals surface area contributed by atoms with Crippen molar-refractivity contribution in [2.45, 2.75) is 10.3 Å². The summed E-state index contributed by atoms with van der Waals surface area (Å²) in [5.74, 6) is 5.11. The Bertz CT molecular complexity index is 294. The van der Waals surface area contributed by atoms with Gasteiger partial charge in [0.05, 0.1) is 0 Å². The number of halogens is 1. The monoisotopic (exact) mass is 230 g/mol. The highest BCUT2D eigenvalue weighted by Gasteiger charge is 2.13. The summed E-state index contributed by atoms with van der Waals surface area (Å²) in [6.07, 6.45) is 0. The van der Waals surface area contributed by atoms with Crippen LogP contribution in [0.2, 0.25) is 0 Å². The molecule has 1 rings (SSSR count). The molecule has 0 saturated heterocycles. The quantitative estimate of drug-likeness (QED) is 0.270. The van der Waals surface area contributed by atoms with Gasteiger partial charge in [0.1, 0.15) is 5.38 Å². The zero-order chi connectivity index (χ0) is 10.4. The smallest absolute Gasteiger partial charge is 0.252 e. The minimum Gasteiger partial charge on any atom is -0.293 e. The SMILES string of the molecule is NNC(=O)C(Cl)CSc1ccccc1. The topological polar surface area (TPSA) is 55.1 Å². The number of rotatable bonds is 4. The van der Waals surface area contributed by atoms with E-state index >= 15 is 0 Å².